The number of aromatic carboxylic acids is 1. The van der Waals surface area contributed by atoms with Crippen LogP contribution in [0.2, 0.25) is 0 Å². The summed E-state index contributed by atoms with van der Waals surface area (Å²) >= 11 is 0. The molecule has 0 atom stereocenters. The number of amides is 1. The normalized spacial score (nSPS) is 17.7. The van der Waals surface area contributed by atoms with Crippen molar-refractivity contribution in [2.75, 3.05) is 0 Å². The van der Waals surface area contributed by atoms with Crippen molar-refractivity contribution in [2.24, 2.45) is 0 Å². The molecule has 1 saturated carbocycles. The molecule has 0 heterocycles. The molecular formula is C15H19NO3. The highest BCUT2D eigenvalue weighted by Crippen LogP contribution is 2.27. The highest BCUT2D eigenvalue weighted by Gasteiger charge is 2.28. The van der Waals surface area contributed by atoms with Gasteiger partial charge in [-0.15, -0.1) is 0 Å². The van der Waals surface area contributed by atoms with Gasteiger partial charge in [0.1, 0.15) is 0 Å². The number of carbonyl (C=O) groups is 2. The minimum atomic E-state index is -0.980. The Morgan fingerprint density at radius 1 is 1.05 bits per heavy atom. The molecule has 1 fully saturated rings. The molecule has 1 aliphatic carbocycles. The van der Waals surface area contributed by atoms with Gasteiger partial charge in [-0.2, -0.15) is 0 Å². The Morgan fingerprint density at radius 2 is 1.58 bits per heavy atom. The van der Waals surface area contributed by atoms with Crippen molar-refractivity contribution in [2.45, 2.75) is 44.6 Å². The van der Waals surface area contributed by atoms with Crippen molar-refractivity contribution in [3.05, 3.63) is 35.4 Å². The smallest absolute Gasteiger partial charge is 0.335 e. The average molecular weight is 261 g/mol. The van der Waals surface area contributed by atoms with Gasteiger partial charge in [0.2, 0.25) is 0 Å². The third kappa shape index (κ3) is 3.34. The van der Waals surface area contributed by atoms with Crippen LogP contribution in [-0.4, -0.2) is 22.5 Å². The summed E-state index contributed by atoms with van der Waals surface area (Å²) < 4.78 is 0. The first-order valence-electron chi connectivity index (χ1n) is 6.66. The van der Waals surface area contributed by atoms with Crippen LogP contribution < -0.4 is 5.32 Å². The fourth-order valence-corrected chi connectivity index (χ4v) is 2.57. The van der Waals surface area contributed by atoms with Gasteiger partial charge in [-0.25, -0.2) is 4.79 Å². The Bertz CT molecular complexity index is 473. The lowest BCUT2D eigenvalue weighted by Gasteiger charge is -2.34. The lowest BCUT2D eigenvalue weighted by atomic mass is 9.83. The summed E-state index contributed by atoms with van der Waals surface area (Å²) in [5.74, 6) is -1.10. The molecule has 0 saturated heterocycles. The third-order valence-electron chi connectivity index (χ3n) is 3.77. The maximum atomic E-state index is 12.1. The summed E-state index contributed by atoms with van der Waals surface area (Å²) in [7, 11) is 0. The zero-order chi connectivity index (χ0) is 13.9. The molecule has 0 spiro atoms. The number of rotatable bonds is 3. The minimum absolute atomic E-state index is 0.124. The second-order valence-corrected chi connectivity index (χ2v) is 5.46. The maximum absolute atomic E-state index is 12.1. The van der Waals surface area contributed by atoms with E-state index >= 15 is 0 Å². The van der Waals surface area contributed by atoms with Crippen LogP contribution in [-0.2, 0) is 0 Å². The lowest BCUT2D eigenvalue weighted by molar-refractivity contribution is 0.0696. The van der Waals surface area contributed by atoms with Crippen LogP contribution in [0.4, 0.5) is 0 Å². The number of carboxylic acids is 1. The van der Waals surface area contributed by atoms with E-state index in [2.05, 4.69) is 12.2 Å². The van der Waals surface area contributed by atoms with Gasteiger partial charge in [0.25, 0.3) is 5.91 Å². The molecule has 0 radical (unpaired) electrons. The number of carbonyl (C=O) groups excluding carboxylic acids is 1. The van der Waals surface area contributed by atoms with Crippen molar-refractivity contribution >= 4 is 11.9 Å². The first-order chi connectivity index (χ1) is 9.00. The van der Waals surface area contributed by atoms with Crippen LogP contribution in [0.5, 0.6) is 0 Å². The molecule has 102 valence electrons. The fourth-order valence-electron chi connectivity index (χ4n) is 2.57. The van der Waals surface area contributed by atoms with Crippen molar-refractivity contribution in [1.82, 2.24) is 5.32 Å². The van der Waals surface area contributed by atoms with Crippen LogP contribution >= 0.6 is 0 Å². The Hall–Kier alpha value is -1.84. The SMILES string of the molecule is CC1(NC(=O)c2ccc(C(=O)O)cc2)CCCCC1. The van der Waals surface area contributed by atoms with E-state index in [9.17, 15) is 9.59 Å². The van der Waals surface area contributed by atoms with Gasteiger partial charge >= 0.3 is 5.97 Å². The predicted molar refractivity (Wildman–Crippen MR) is 72.4 cm³/mol. The monoisotopic (exact) mass is 261 g/mol. The molecule has 0 aromatic heterocycles. The molecular weight excluding hydrogens is 242 g/mol. The second kappa shape index (κ2) is 5.43. The molecule has 2 N–H and O–H groups in total. The van der Waals surface area contributed by atoms with E-state index < -0.39 is 5.97 Å². The van der Waals surface area contributed by atoms with E-state index in [-0.39, 0.29) is 17.0 Å². The summed E-state index contributed by atoms with van der Waals surface area (Å²) in [4.78, 5) is 22.9. The number of hydrogen-bond acceptors (Lipinski definition) is 2. The van der Waals surface area contributed by atoms with E-state index in [4.69, 9.17) is 5.11 Å². The average Bonchev–Trinajstić information content (AvgIpc) is 2.39. The van der Waals surface area contributed by atoms with Gasteiger partial charge in [0, 0.05) is 11.1 Å². The Morgan fingerprint density at radius 3 is 2.11 bits per heavy atom. The molecule has 0 bridgehead atoms. The molecule has 2 rings (SSSR count). The van der Waals surface area contributed by atoms with Crippen molar-refractivity contribution in [3.8, 4) is 0 Å². The van der Waals surface area contributed by atoms with E-state index in [0.717, 1.165) is 25.7 Å². The Kier molecular flexibility index (Phi) is 3.88. The van der Waals surface area contributed by atoms with Crippen LogP contribution in [0, 0.1) is 0 Å². The van der Waals surface area contributed by atoms with Gasteiger partial charge in [0.05, 0.1) is 5.56 Å². The number of carboxylic acid groups (broad SMARTS) is 1. The zero-order valence-corrected chi connectivity index (χ0v) is 11.1. The van der Waals surface area contributed by atoms with E-state index in [1.807, 2.05) is 0 Å². The second-order valence-electron chi connectivity index (χ2n) is 5.46. The number of nitrogens with one attached hydrogen (secondary N) is 1. The summed E-state index contributed by atoms with van der Waals surface area (Å²) in [6, 6.07) is 6.04. The molecule has 0 aliphatic heterocycles. The highest BCUT2D eigenvalue weighted by molar-refractivity contribution is 5.96. The van der Waals surface area contributed by atoms with E-state index in [0.29, 0.717) is 5.56 Å². The maximum Gasteiger partial charge on any atom is 0.335 e. The third-order valence-corrected chi connectivity index (χ3v) is 3.77. The van der Waals surface area contributed by atoms with Crippen molar-refractivity contribution in [3.63, 3.8) is 0 Å². The van der Waals surface area contributed by atoms with Gasteiger partial charge in [0.15, 0.2) is 0 Å². The molecule has 1 aliphatic rings. The predicted octanol–water partition coefficient (Wildman–Crippen LogP) is 2.84. The van der Waals surface area contributed by atoms with Crippen LogP contribution in [0.3, 0.4) is 0 Å². The fraction of sp³-hybridized carbons (Fsp3) is 0.467. The van der Waals surface area contributed by atoms with Gasteiger partial charge < -0.3 is 10.4 Å². The number of hydrogen-bond donors (Lipinski definition) is 2. The Labute approximate surface area is 112 Å². The van der Waals surface area contributed by atoms with Crippen LogP contribution in [0.1, 0.15) is 59.7 Å². The molecule has 19 heavy (non-hydrogen) atoms. The summed E-state index contributed by atoms with van der Waals surface area (Å²) in [6.45, 7) is 2.08. The van der Waals surface area contributed by atoms with E-state index in [1.54, 1.807) is 12.1 Å². The lowest BCUT2D eigenvalue weighted by Crippen LogP contribution is -2.47. The summed E-state index contributed by atoms with van der Waals surface area (Å²) in [5, 5.41) is 11.9. The highest BCUT2D eigenvalue weighted by atomic mass is 16.4. The first-order valence-corrected chi connectivity index (χ1v) is 6.66. The molecule has 4 nitrogen and oxygen atoms in total. The molecule has 1 amide bonds. The van der Waals surface area contributed by atoms with Crippen molar-refractivity contribution < 1.29 is 14.7 Å². The topological polar surface area (TPSA) is 66.4 Å². The van der Waals surface area contributed by atoms with Gasteiger partial charge in [-0.05, 0) is 44.0 Å². The summed E-state index contributed by atoms with van der Waals surface area (Å²) in [5.41, 5.74) is 0.582. The minimum Gasteiger partial charge on any atom is -0.478 e. The molecule has 1 aromatic carbocycles. The Balaban J connectivity index is 2.05. The molecule has 0 unspecified atom stereocenters. The largest absolute Gasteiger partial charge is 0.478 e. The van der Waals surface area contributed by atoms with Gasteiger partial charge in [-0.3, -0.25) is 4.79 Å². The summed E-state index contributed by atoms with van der Waals surface area (Å²) in [6.07, 6.45) is 5.54. The standard InChI is InChI=1S/C15H19NO3/c1-15(9-3-2-4-10-15)16-13(17)11-5-7-12(8-6-11)14(18)19/h5-8H,2-4,9-10H2,1H3,(H,16,17)(H,18,19). The first kappa shape index (κ1) is 13.6. The van der Waals surface area contributed by atoms with Crippen LogP contribution in [0.25, 0.3) is 0 Å². The van der Waals surface area contributed by atoms with Gasteiger partial charge in [-0.1, -0.05) is 19.3 Å². The van der Waals surface area contributed by atoms with Crippen LogP contribution in [0.15, 0.2) is 24.3 Å². The molecule has 4 heteroatoms. The quantitative estimate of drug-likeness (QED) is 0.879. The van der Waals surface area contributed by atoms with Crippen molar-refractivity contribution in [1.29, 1.82) is 0 Å². The molecule has 1 aromatic rings. The number of benzene rings is 1. The van der Waals surface area contributed by atoms with E-state index in [1.165, 1.54) is 18.6 Å². The zero-order valence-electron chi connectivity index (χ0n) is 11.1.